The van der Waals surface area contributed by atoms with Crippen LogP contribution in [0.15, 0.2) is 109 Å². The predicted molar refractivity (Wildman–Crippen MR) is 133 cm³/mol. The van der Waals surface area contributed by atoms with Gasteiger partial charge in [0, 0.05) is 38.4 Å². The molecule has 156 valence electrons. The van der Waals surface area contributed by atoms with Crippen molar-refractivity contribution in [2.45, 2.75) is 19.2 Å². The highest BCUT2D eigenvalue weighted by Gasteiger charge is 2.17. The number of para-hydroxylation sites is 3. The fourth-order valence-corrected chi connectivity index (χ4v) is 4.93. The van der Waals surface area contributed by atoms with Crippen molar-refractivity contribution in [1.29, 1.82) is 0 Å². The zero-order valence-electron chi connectivity index (χ0n) is 17.7. The van der Waals surface area contributed by atoms with Crippen LogP contribution in [0.1, 0.15) is 0 Å². The molecule has 0 spiro atoms. The molecule has 0 aliphatic rings. The molecule has 0 amide bonds. The van der Waals surface area contributed by atoms with E-state index in [9.17, 15) is 5.11 Å². The number of benzene rings is 4. The van der Waals surface area contributed by atoms with Crippen LogP contribution in [0.4, 0.5) is 0 Å². The second-order valence-corrected chi connectivity index (χ2v) is 8.36. The van der Waals surface area contributed by atoms with Crippen LogP contribution in [0.2, 0.25) is 0 Å². The van der Waals surface area contributed by atoms with Crippen molar-refractivity contribution in [3.63, 3.8) is 0 Å². The monoisotopic (exact) mass is 416 g/mol. The highest BCUT2D eigenvalue weighted by atomic mass is 16.3. The van der Waals surface area contributed by atoms with E-state index in [-0.39, 0.29) is 0 Å². The second-order valence-electron chi connectivity index (χ2n) is 8.36. The summed E-state index contributed by atoms with van der Waals surface area (Å²) in [6.45, 7) is 1.06. The molecule has 0 saturated heterocycles. The normalized spacial score (nSPS) is 12.7. The Morgan fingerprint density at radius 2 is 1.09 bits per heavy atom. The fraction of sp³-hybridized carbons (Fsp3) is 0.103. The molecule has 0 unspecified atom stereocenters. The van der Waals surface area contributed by atoms with Gasteiger partial charge in [0.25, 0.3) is 0 Å². The number of rotatable bonds is 5. The Hall–Kier alpha value is -3.82. The first kappa shape index (κ1) is 18.9. The molecule has 2 heterocycles. The first-order valence-corrected chi connectivity index (χ1v) is 11.1. The average molecular weight is 417 g/mol. The van der Waals surface area contributed by atoms with Gasteiger partial charge in [0.1, 0.15) is 0 Å². The molecule has 3 nitrogen and oxygen atoms in total. The van der Waals surface area contributed by atoms with Gasteiger partial charge in [-0.2, -0.15) is 0 Å². The number of hydrogen-bond acceptors (Lipinski definition) is 1. The Morgan fingerprint density at radius 1 is 0.562 bits per heavy atom. The highest BCUT2D eigenvalue weighted by Crippen LogP contribution is 2.31. The Morgan fingerprint density at radius 3 is 1.78 bits per heavy atom. The van der Waals surface area contributed by atoms with Gasteiger partial charge in [0.05, 0.1) is 19.2 Å². The zero-order valence-corrected chi connectivity index (χ0v) is 17.7. The molecule has 4 aromatic carbocycles. The lowest BCUT2D eigenvalue weighted by Gasteiger charge is -2.18. The summed E-state index contributed by atoms with van der Waals surface area (Å²) in [5, 5.41) is 14.9. The molecule has 2 aromatic heterocycles. The number of hydrogen-bond donors (Lipinski definition) is 1. The fourth-order valence-electron chi connectivity index (χ4n) is 4.93. The summed E-state index contributed by atoms with van der Waals surface area (Å²) >= 11 is 0. The van der Waals surface area contributed by atoms with Crippen LogP contribution in [0, 0.1) is 0 Å². The summed E-state index contributed by atoms with van der Waals surface area (Å²) in [4.78, 5) is 0. The molecule has 1 atom stereocenters. The van der Waals surface area contributed by atoms with Gasteiger partial charge < -0.3 is 14.2 Å². The van der Waals surface area contributed by atoms with Crippen molar-refractivity contribution < 1.29 is 5.11 Å². The maximum absolute atomic E-state index is 11.3. The Balaban J connectivity index is 1.42. The third-order valence-corrected chi connectivity index (χ3v) is 6.35. The summed E-state index contributed by atoms with van der Waals surface area (Å²) in [7, 11) is 0. The average Bonchev–Trinajstić information content (AvgIpc) is 3.36. The quantitative estimate of drug-likeness (QED) is 0.343. The molecular formula is C29H24N2O. The van der Waals surface area contributed by atoms with Crippen molar-refractivity contribution >= 4 is 32.7 Å². The van der Waals surface area contributed by atoms with E-state index in [4.69, 9.17) is 0 Å². The van der Waals surface area contributed by atoms with Crippen molar-refractivity contribution in [2.75, 3.05) is 0 Å². The summed E-state index contributed by atoms with van der Waals surface area (Å²) in [6.07, 6.45) is -0.535. The SMILES string of the molecule is O[C@H](Cn1c(-c2ccccc2)cc2ccccc21)Cn1c2ccccc2c2ccccc21. The lowest BCUT2D eigenvalue weighted by Crippen LogP contribution is -2.22. The number of aromatic nitrogens is 2. The first-order chi connectivity index (χ1) is 15.8. The minimum Gasteiger partial charge on any atom is -0.389 e. The molecule has 0 aliphatic carbocycles. The lowest BCUT2D eigenvalue weighted by molar-refractivity contribution is 0.139. The van der Waals surface area contributed by atoms with Crippen molar-refractivity contribution in [3.05, 3.63) is 109 Å². The number of fused-ring (bicyclic) bond motifs is 4. The van der Waals surface area contributed by atoms with Gasteiger partial charge in [-0.25, -0.2) is 0 Å². The first-order valence-electron chi connectivity index (χ1n) is 11.1. The minimum absolute atomic E-state index is 0.526. The maximum Gasteiger partial charge on any atom is 0.0898 e. The van der Waals surface area contributed by atoms with Crippen LogP contribution in [0.3, 0.4) is 0 Å². The molecule has 6 rings (SSSR count). The third-order valence-electron chi connectivity index (χ3n) is 6.35. The van der Waals surface area contributed by atoms with Crippen molar-refractivity contribution in [2.24, 2.45) is 0 Å². The van der Waals surface area contributed by atoms with Crippen LogP contribution >= 0.6 is 0 Å². The molecular weight excluding hydrogens is 392 g/mol. The van der Waals surface area contributed by atoms with Crippen molar-refractivity contribution in [1.82, 2.24) is 9.13 Å². The van der Waals surface area contributed by atoms with E-state index < -0.39 is 6.10 Å². The largest absolute Gasteiger partial charge is 0.389 e. The number of aliphatic hydroxyl groups excluding tert-OH is 1. The molecule has 0 bridgehead atoms. The Bertz CT molecular complexity index is 1490. The zero-order chi connectivity index (χ0) is 21.5. The summed E-state index contributed by atoms with van der Waals surface area (Å²) < 4.78 is 4.51. The highest BCUT2D eigenvalue weighted by molar-refractivity contribution is 6.07. The van der Waals surface area contributed by atoms with Crippen LogP contribution in [-0.2, 0) is 13.1 Å². The van der Waals surface area contributed by atoms with E-state index in [0.717, 1.165) is 27.8 Å². The molecule has 3 heteroatoms. The summed E-state index contributed by atoms with van der Waals surface area (Å²) in [5.74, 6) is 0. The van der Waals surface area contributed by atoms with Crippen LogP contribution in [-0.4, -0.2) is 20.3 Å². The van der Waals surface area contributed by atoms with Gasteiger partial charge in [0.15, 0.2) is 0 Å². The number of nitrogens with zero attached hydrogens (tertiary/aromatic N) is 2. The van der Waals surface area contributed by atoms with Gasteiger partial charge in [-0.1, -0.05) is 84.9 Å². The molecule has 6 aromatic rings. The van der Waals surface area contributed by atoms with Crippen LogP contribution in [0.5, 0.6) is 0 Å². The number of aliphatic hydroxyl groups is 1. The summed E-state index contributed by atoms with van der Waals surface area (Å²) in [6, 6.07) is 37.9. The predicted octanol–water partition coefficient (Wildman–Crippen LogP) is 6.48. The van der Waals surface area contributed by atoms with E-state index in [1.54, 1.807) is 0 Å². The molecule has 0 radical (unpaired) electrons. The van der Waals surface area contributed by atoms with Crippen molar-refractivity contribution in [3.8, 4) is 11.3 Å². The van der Waals surface area contributed by atoms with E-state index in [0.29, 0.717) is 13.1 Å². The maximum atomic E-state index is 11.3. The Kier molecular flexibility index (Phi) is 4.55. The lowest BCUT2D eigenvalue weighted by atomic mass is 10.1. The van der Waals surface area contributed by atoms with Gasteiger partial charge in [-0.15, -0.1) is 0 Å². The van der Waals surface area contributed by atoms with Crippen LogP contribution in [0.25, 0.3) is 44.0 Å². The second kappa shape index (κ2) is 7.70. The van der Waals surface area contributed by atoms with E-state index in [1.165, 1.54) is 16.2 Å². The third kappa shape index (κ3) is 3.10. The van der Waals surface area contributed by atoms with Gasteiger partial charge >= 0.3 is 0 Å². The molecule has 0 fully saturated rings. The van der Waals surface area contributed by atoms with Gasteiger partial charge in [-0.3, -0.25) is 0 Å². The van der Waals surface area contributed by atoms with Gasteiger partial charge in [0.2, 0.25) is 0 Å². The van der Waals surface area contributed by atoms with Crippen LogP contribution < -0.4 is 0 Å². The van der Waals surface area contributed by atoms with E-state index >= 15 is 0 Å². The molecule has 0 aliphatic heterocycles. The van der Waals surface area contributed by atoms with Gasteiger partial charge in [-0.05, 0) is 29.8 Å². The molecule has 0 saturated carbocycles. The topological polar surface area (TPSA) is 30.1 Å². The molecule has 1 N–H and O–H groups in total. The smallest absolute Gasteiger partial charge is 0.0898 e. The molecule has 32 heavy (non-hydrogen) atoms. The van der Waals surface area contributed by atoms with E-state index in [1.807, 2.05) is 6.07 Å². The Labute approximate surface area is 186 Å². The standard InChI is InChI=1S/C29H24N2O/c32-23(20-31-27-16-8-5-13-24(27)25-14-6-9-17-28(25)31)19-30-26-15-7-4-12-22(26)18-29(30)21-10-2-1-3-11-21/h1-18,23,32H,19-20H2/t23-/m1/s1. The minimum atomic E-state index is -0.535. The summed E-state index contributed by atoms with van der Waals surface area (Å²) in [5.41, 5.74) is 5.76. The van der Waals surface area contributed by atoms with E-state index in [2.05, 4.69) is 112 Å².